The highest BCUT2D eigenvalue weighted by Crippen LogP contribution is 2.38. The summed E-state index contributed by atoms with van der Waals surface area (Å²) in [6.07, 6.45) is 8.56. The molecule has 2 aliphatic rings. The first-order valence-corrected chi connectivity index (χ1v) is 7.74. The van der Waals surface area contributed by atoms with Crippen molar-refractivity contribution in [3.63, 3.8) is 0 Å². The molecule has 2 N–H and O–H groups in total. The predicted molar refractivity (Wildman–Crippen MR) is 73.6 cm³/mol. The first-order valence-electron chi connectivity index (χ1n) is 7.74. The molecule has 2 unspecified atom stereocenters. The molecule has 0 heterocycles. The standard InChI is InChI=1S/C15H29NO2/c1-2-9-16-15(12-17)8-3-4-14(15)7-10-18-11-13-5-6-13/h13-14,16-17H,2-12H2,1H3. The molecule has 0 radical (unpaired) electrons. The van der Waals surface area contributed by atoms with Crippen LogP contribution in [0.15, 0.2) is 0 Å². The van der Waals surface area contributed by atoms with Gasteiger partial charge in [-0.25, -0.2) is 0 Å². The molecule has 2 atom stereocenters. The van der Waals surface area contributed by atoms with Crippen molar-refractivity contribution in [3.8, 4) is 0 Å². The second kappa shape index (κ2) is 6.88. The fourth-order valence-corrected chi connectivity index (χ4v) is 3.20. The third-order valence-corrected chi connectivity index (χ3v) is 4.63. The van der Waals surface area contributed by atoms with Crippen LogP contribution in [0.25, 0.3) is 0 Å². The Hall–Kier alpha value is -0.120. The Kier molecular flexibility index (Phi) is 5.46. The van der Waals surface area contributed by atoms with Gasteiger partial charge in [-0.05, 0) is 56.9 Å². The van der Waals surface area contributed by atoms with E-state index in [1.165, 1.54) is 25.7 Å². The van der Waals surface area contributed by atoms with Crippen molar-refractivity contribution in [2.24, 2.45) is 11.8 Å². The Morgan fingerprint density at radius 3 is 2.83 bits per heavy atom. The molecular weight excluding hydrogens is 226 g/mol. The van der Waals surface area contributed by atoms with Crippen LogP contribution in [0, 0.1) is 11.8 Å². The molecule has 2 rings (SSSR count). The second-order valence-corrected chi connectivity index (χ2v) is 6.14. The molecular formula is C15H29NO2. The first-order chi connectivity index (χ1) is 8.80. The molecule has 18 heavy (non-hydrogen) atoms. The Labute approximate surface area is 111 Å². The van der Waals surface area contributed by atoms with Crippen molar-refractivity contribution in [2.75, 3.05) is 26.4 Å². The predicted octanol–water partition coefficient (Wildman–Crippen LogP) is 2.33. The maximum Gasteiger partial charge on any atom is 0.0616 e. The van der Waals surface area contributed by atoms with Gasteiger partial charge in [-0.1, -0.05) is 13.3 Å². The zero-order chi connectivity index (χ0) is 12.8. The number of hydrogen-bond acceptors (Lipinski definition) is 3. The van der Waals surface area contributed by atoms with Gasteiger partial charge in [-0.2, -0.15) is 0 Å². The zero-order valence-corrected chi connectivity index (χ0v) is 11.8. The number of nitrogens with one attached hydrogen (secondary N) is 1. The molecule has 0 aromatic rings. The maximum absolute atomic E-state index is 9.77. The summed E-state index contributed by atoms with van der Waals surface area (Å²) in [5.74, 6) is 1.45. The van der Waals surface area contributed by atoms with Crippen molar-refractivity contribution in [1.82, 2.24) is 5.32 Å². The highest BCUT2D eigenvalue weighted by Gasteiger charge is 2.41. The SMILES string of the molecule is CCCNC1(CO)CCCC1CCOCC1CC1. The third-order valence-electron chi connectivity index (χ3n) is 4.63. The first kappa shape index (κ1) is 14.3. The van der Waals surface area contributed by atoms with Crippen LogP contribution in [-0.2, 0) is 4.74 Å². The van der Waals surface area contributed by atoms with Crippen LogP contribution in [-0.4, -0.2) is 37.0 Å². The smallest absolute Gasteiger partial charge is 0.0616 e. The average Bonchev–Trinajstić information content (AvgIpc) is 3.13. The molecule has 0 aromatic carbocycles. The van der Waals surface area contributed by atoms with Gasteiger partial charge in [0.2, 0.25) is 0 Å². The lowest BCUT2D eigenvalue weighted by molar-refractivity contribution is 0.0750. The fourth-order valence-electron chi connectivity index (χ4n) is 3.20. The second-order valence-electron chi connectivity index (χ2n) is 6.14. The van der Waals surface area contributed by atoms with Gasteiger partial charge in [-0.3, -0.25) is 0 Å². The van der Waals surface area contributed by atoms with Crippen molar-refractivity contribution < 1.29 is 9.84 Å². The summed E-state index contributed by atoms with van der Waals surface area (Å²) in [6.45, 7) is 5.30. The minimum absolute atomic E-state index is 0.0149. The van der Waals surface area contributed by atoms with Gasteiger partial charge in [0.15, 0.2) is 0 Å². The quantitative estimate of drug-likeness (QED) is 0.621. The topological polar surface area (TPSA) is 41.5 Å². The van der Waals surface area contributed by atoms with Gasteiger partial charge in [-0.15, -0.1) is 0 Å². The van der Waals surface area contributed by atoms with Gasteiger partial charge in [0, 0.05) is 18.8 Å². The highest BCUT2D eigenvalue weighted by atomic mass is 16.5. The molecule has 0 aliphatic heterocycles. The summed E-state index contributed by atoms with van der Waals surface area (Å²) in [5.41, 5.74) is -0.0149. The maximum atomic E-state index is 9.77. The van der Waals surface area contributed by atoms with Crippen LogP contribution in [0.2, 0.25) is 0 Å². The summed E-state index contributed by atoms with van der Waals surface area (Å²) in [4.78, 5) is 0. The van der Waals surface area contributed by atoms with Gasteiger partial charge in [0.25, 0.3) is 0 Å². The molecule has 0 amide bonds. The van der Waals surface area contributed by atoms with Gasteiger partial charge in [0.1, 0.15) is 0 Å². The molecule has 3 nitrogen and oxygen atoms in total. The van der Waals surface area contributed by atoms with Crippen LogP contribution in [0.3, 0.4) is 0 Å². The number of aliphatic hydroxyl groups is 1. The van der Waals surface area contributed by atoms with E-state index in [9.17, 15) is 5.11 Å². The monoisotopic (exact) mass is 255 g/mol. The number of aliphatic hydroxyl groups excluding tert-OH is 1. The van der Waals surface area contributed by atoms with E-state index < -0.39 is 0 Å². The van der Waals surface area contributed by atoms with E-state index in [1.54, 1.807) is 0 Å². The van der Waals surface area contributed by atoms with E-state index in [-0.39, 0.29) is 12.1 Å². The van der Waals surface area contributed by atoms with Crippen LogP contribution >= 0.6 is 0 Å². The minimum atomic E-state index is -0.0149. The van der Waals surface area contributed by atoms with E-state index >= 15 is 0 Å². The summed E-state index contributed by atoms with van der Waals surface area (Å²) >= 11 is 0. The van der Waals surface area contributed by atoms with Crippen LogP contribution in [0.1, 0.15) is 51.9 Å². The Morgan fingerprint density at radius 2 is 2.17 bits per heavy atom. The van der Waals surface area contributed by atoms with Crippen molar-refractivity contribution in [2.45, 2.75) is 57.4 Å². The molecule has 0 spiro atoms. The van der Waals surface area contributed by atoms with E-state index in [0.717, 1.165) is 44.9 Å². The zero-order valence-electron chi connectivity index (χ0n) is 11.8. The molecule has 3 heteroatoms. The largest absolute Gasteiger partial charge is 0.394 e. The minimum Gasteiger partial charge on any atom is -0.394 e. The van der Waals surface area contributed by atoms with Crippen molar-refractivity contribution in [3.05, 3.63) is 0 Å². The average molecular weight is 255 g/mol. The van der Waals surface area contributed by atoms with E-state index in [4.69, 9.17) is 4.74 Å². The molecule has 2 fully saturated rings. The highest BCUT2D eigenvalue weighted by molar-refractivity contribution is 4.98. The van der Waals surface area contributed by atoms with Crippen LogP contribution in [0.5, 0.6) is 0 Å². The molecule has 0 bridgehead atoms. The van der Waals surface area contributed by atoms with Gasteiger partial charge in [0.05, 0.1) is 6.61 Å². The van der Waals surface area contributed by atoms with Crippen molar-refractivity contribution in [1.29, 1.82) is 0 Å². The lowest BCUT2D eigenvalue weighted by Gasteiger charge is -2.35. The summed E-state index contributed by atoms with van der Waals surface area (Å²) in [5, 5.41) is 13.4. The Balaban J connectivity index is 1.72. The van der Waals surface area contributed by atoms with E-state index in [2.05, 4.69) is 12.2 Å². The molecule has 2 aliphatic carbocycles. The van der Waals surface area contributed by atoms with Crippen molar-refractivity contribution >= 4 is 0 Å². The van der Waals surface area contributed by atoms with Gasteiger partial charge < -0.3 is 15.2 Å². The number of ether oxygens (including phenoxy) is 1. The Morgan fingerprint density at radius 1 is 1.33 bits per heavy atom. The lowest BCUT2D eigenvalue weighted by Crippen LogP contribution is -2.51. The third kappa shape index (κ3) is 3.69. The molecule has 0 aromatic heterocycles. The Bertz CT molecular complexity index is 243. The van der Waals surface area contributed by atoms with Crippen LogP contribution < -0.4 is 5.32 Å². The molecule has 106 valence electrons. The summed E-state index contributed by atoms with van der Waals surface area (Å²) < 4.78 is 5.75. The normalized spacial score (nSPS) is 32.0. The summed E-state index contributed by atoms with van der Waals surface area (Å²) in [7, 11) is 0. The molecule has 2 saturated carbocycles. The van der Waals surface area contributed by atoms with E-state index in [0.29, 0.717) is 5.92 Å². The number of hydrogen-bond donors (Lipinski definition) is 2. The number of rotatable bonds is 9. The summed E-state index contributed by atoms with van der Waals surface area (Å²) in [6, 6.07) is 0. The lowest BCUT2D eigenvalue weighted by atomic mass is 9.85. The van der Waals surface area contributed by atoms with E-state index in [1.807, 2.05) is 0 Å². The van der Waals surface area contributed by atoms with Gasteiger partial charge >= 0.3 is 0 Å². The molecule has 0 saturated heterocycles. The fraction of sp³-hybridized carbons (Fsp3) is 1.00. The van der Waals surface area contributed by atoms with Crippen LogP contribution in [0.4, 0.5) is 0 Å².